The monoisotopic (exact) mass is 565 g/mol. The number of hydrogen-bond acceptors (Lipinski definition) is 5. The van der Waals surface area contributed by atoms with Crippen molar-refractivity contribution in [2.24, 2.45) is 0 Å². The number of nitrogens with one attached hydrogen (secondary N) is 1. The van der Waals surface area contributed by atoms with Gasteiger partial charge in [0.05, 0.1) is 7.11 Å². The van der Waals surface area contributed by atoms with Crippen LogP contribution in [0.2, 0.25) is 0 Å². The first-order valence-corrected chi connectivity index (χ1v) is 12.1. The van der Waals surface area contributed by atoms with Crippen LogP contribution < -0.4 is 25.2 Å². The van der Waals surface area contributed by atoms with Gasteiger partial charge in [0.1, 0.15) is 34.9 Å². The van der Waals surface area contributed by atoms with E-state index < -0.39 is 64.7 Å². The number of rotatable bonds is 7. The Balaban J connectivity index is 1.76. The molecule has 4 rings (SSSR count). The van der Waals surface area contributed by atoms with Crippen molar-refractivity contribution in [3.63, 3.8) is 0 Å². The highest BCUT2D eigenvalue weighted by Crippen LogP contribution is 2.40. The number of nitrogens with zero attached hydrogens (tertiary/aromatic N) is 2. The topological polar surface area (TPSA) is 89.9 Å². The number of carbonyl (C=O) groups is 2. The number of anilines is 1. The first-order chi connectivity index (χ1) is 18.9. The van der Waals surface area contributed by atoms with Gasteiger partial charge in [0, 0.05) is 48.0 Å². The number of alkyl halides is 3. The van der Waals surface area contributed by atoms with E-state index in [-0.39, 0.29) is 17.0 Å². The number of hydrogen-bond donors (Lipinski definition) is 1. The molecular formula is C27H24F5N3O5. The van der Waals surface area contributed by atoms with Gasteiger partial charge in [-0.2, -0.15) is 0 Å². The minimum absolute atomic E-state index is 0.0495. The highest BCUT2D eigenvalue weighted by atomic mass is 19.4. The smallest absolute Gasteiger partial charge is 0.497 e. The minimum Gasteiger partial charge on any atom is -0.497 e. The van der Waals surface area contributed by atoms with Crippen LogP contribution in [0.4, 0.5) is 27.6 Å². The van der Waals surface area contributed by atoms with E-state index in [1.807, 2.05) is 0 Å². The van der Waals surface area contributed by atoms with Crippen molar-refractivity contribution < 1.29 is 41.0 Å². The quantitative estimate of drug-likeness (QED) is 0.430. The normalized spacial score (nSPS) is 19.1. The Morgan fingerprint density at radius 1 is 1.02 bits per heavy atom. The van der Waals surface area contributed by atoms with Crippen LogP contribution in [-0.2, 0) is 11.3 Å². The second-order valence-corrected chi connectivity index (χ2v) is 8.99. The molecule has 2 heterocycles. The van der Waals surface area contributed by atoms with Gasteiger partial charge in [-0.15, -0.1) is 13.2 Å². The van der Waals surface area contributed by atoms with E-state index in [4.69, 9.17) is 4.74 Å². The highest BCUT2D eigenvalue weighted by Gasteiger charge is 2.50. The van der Waals surface area contributed by atoms with Crippen LogP contribution in [0.3, 0.4) is 0 Å². The Morgan fingerprint density at radius 2 is 1.65 bits per heavy atom. The van der Waals surface area contributed by atoms with Gasteiger partial charge in [-0.05, 0) is 50.2 Å². The Morgan fingerprint density at radius 3 is 2.20 bits per heavy atom. The zero-order valence-corrected chi connectivity index (χ0v) is 21.5. The van der Waals surface area contributed by atoms with Crippen molar-refractivity contribution in [2.45, 2.75) is 44.8 Å². The van der Waals surface area contributed by atoms with Crippen molar-refractivity contribution in [3.05, 3.63) is 87.8 Å². The number of aryl methyl sites for hydroxylation is 1. The number of benzene rings is 2. The second-order valence-electron chi connectivity index (χ2n) is 8.99. The molecular weight excluding hydrogens is 541 g/mol. The zero-order chi connectivity index (χ0) is 29.4. The summed E-state index contributed by atoms with van der Waals surface area (Å²) in [6, 6.07) is 6.15. The summed E-state index contributed by atoms with van der Waals surface area (Å²) >= 11 is 0. The molecule has 0 unspecified atom stereocenters. The molecule has 1 N–H and O–H groups in total. The maximum absolute atomic E-state index is 15.3. The van der Waals surface area contributed by atoms with Crippen molar-refractivity contribution in [1.29, 1.82) is 0 Å². The van der Waals surface area contributed by atoms with Crippen LogP contribution in [0.1, 0.15) is 35.7 Å². The number of pyridine rings is 1. The lowest BCUT2D eigenvalue weighted by atomic mass is 9.87. The molecule has 8 nitrogen and oxygen atoms in total. The summed E-state index contributed by atoms with van der Waals surface area (Å²) in [6.07, 6.45) is -3.42. The molecule has 212 valence electrons. The van der Waals surface area contributed by atoms with E-state index in [0.717, 1.165) is 41.3 Å². The predicted molar refractivity (Wildman–Crippen MR) is 133 cm³/mol. The lowest BCUT2D eigenvalue weighted by Crippen LogP contribution is -2.44. The fraction of sp³-hybridized carbons (Fsp3) is 0.296. The van der Waals surface area contributed by atoms with E-state index in [2.05, 4.69) is 10.1 Å². The molecule has 40 heavy (non-hydrogen) atoms. The van der Waals surface area contributed by atoms with Crippen LogP contribution >= 0.6 is 0 Å². The maximum Gasteiger partial charge on any atom is 0.573 e. The average Bonchev–Trinajstić information content (AvgIpc) is 3.12. The lowest BCUT2D eigenvalue weighted by Gasteiger charge is -2.25. The fourth-order valence-electron chi connectivity index (χ4n) is 4.83. The second kappa shape index (κ2) is 11.0. The van der Waals surface area contributed by atoms with E-state index >= 15 is 8.78 Å². The molecule has 0 aliphatic carbocycles. The third-order valence-corrected chi connectivity index (χ3v) is 6.65. The molecule has 0 saturated carbocycles. The van der Waals surface area contributed by atoms with E-state index in [0.29, 0.717) is 6.54 Å². The van der Waals surface area contributed by atoms with Gasteiger partial charge < -0.3 is 24.3 Å². The molecule has 1 saturated heterocycles. The van der Waals surface area contributed by atoms with Crippen molar-refractivity contribution in [1.82, 2.24) is 9.88 Å². The lowest BCUT2D eigenvalue weighted by molar-refractivity contribution is -0.274. The van der Waals surface area contributed by atoms with Crippen LogP contribution in [-0.4, -0.2) is 41.9 Å². The summed E-state index contributed by atoms with van der Waals surface area (Å²) in [5.74, 6) is -5.75. The van der Waals surface area contributed by atoms with E-state index in [9.17, 15) is 27.6 Å². The molecule has 3 aromatic rings. The fourth-order valence-corrected chi connectivity index (χ4v) is 4.83. The van der Waals surface area contributed by atoms with E-state index in [1.54, 1.807) is 13.0 Å². The van der Waals surface area contributed by atoms with Crippen LogP contribution in [0, 0.1) is 11.6 Å². The van der Waals surface area contributed by atoms with Crippen molar-refractivity contribution in [3.8, 4) is 11.5 Å². The standard InChI is InChI=1S/C27H24F5N3O5/c1-4-34-11-5-6-20(25(34)37)35-14(2)21(22-18(28)12-17(39-3)13-19(22)29)23(26(35)38)33-24(36)15-7-9-16(10-8-15)40-27(30,31)32/h5-14,21,23H,4H2,1-3H3,(H,33,36)/t14-,21+,23+/m1/s1. The van der Waals surface area contributed by atoms with Crippen LogP contribution in [0.25, 0.3) is 0 Å². The van der Waals surface area contributed by atoms with Gasteiger partial charge >= 0.3 is 6.36 Å². The van der Waals surface area contributed by atoms with Gasteiger partial charge in [0.25, 0.3) is 17.4 Å². The average molecular weight is 565 g/mol. The first-order valence-electron chi connectivity index (χ1n) is 12.1. The predicted octanol–water partition coefficient (Wildman–Crippen LogP) is 4.37. The number of amides is 2. The number of halogens is 5. The Kier molecular flexibility index (Phi) is 7.85. The molecule has 2 amide bonds. The number of methoxy groups -OCH3 is 1. The Labute approximate surface area is 224 Å². The van der Waals surface area contributed by atoms with Crippen molar-refractivity contribution in [2.75, 3.05) is 12.0 Å². The molecule has 1 aromatic heterocycles. The molecule has 0 radical (unpaired) electrons. The van der Waals surface area contributed by atoms with Gasteiger partial charge in [-0.25, -0.2) is 8.78 Å². The number of aromatic nitrogens is 1. The SMILES string of the molecule is CCn1cccc(N2C(=O)[C@@H](NC(=O)c3ccc(OC(F)(F)F)cc3)[C@H](c3c(F)cc(OC)cc3F)[C@H]2C)c1=O. The van der Waals surface area contributed by atoms with Gasteiger partial charge in [0.2, 0.25) is 0 Å². The van der Waals surface area contributed by atoms with Gasteiger partial charge in [-0.3, -0.25) is 14.4 Å². The summed E-state index contributed by atoms with van der Waals surface area (Å²) in [5.41, 5.74) is -1.22. The first kappa shape index (κ1) is 28.6. The summed E-state index contributed by atoms with van der Waals surface area (Å²) in [6.45, 7) is 3.51. The van der Waals surface area contributed by atoms with Crippen molar-refractivity contribution >= 4 is 17.5 Å². The third kappa shape index (κ3) is 5.49. The minimum atomic E-state index is -4.94. The largest absolute Gasteiger partial charge is 0.573 e. The molecule has 1 fully saturated rings. The van der Waals surface area contributed by atoms with Crippen LogP contribution in [0.5, 0.6) is 11.5 Å². The number of ether oxygens (including phenoxy) is 2. The molecule has 0 bridgehead atoms. The van der Waals surface area contributed by atoms with E-state index in [1.165, 1.54) is 30.9 Å². The summed E-state index contributed by atoms with van der Waals surface area (Å²) in [4.78, 5) is 40.9. The summed E-state index contributed by atoms with van der Waals surface area (Å²) < 4.78 is 78.0. The molecule has 0 spiro atoms. The van der Waals surface area contributed by atoms with Gasteiger partial charge in [-0.1, -0.05) is 0 Å². The Bertz CT molecular complexity index is 1470. The summed E-state index contributed by atoms with van der Waals surface area (Å²) in [7, 11) is 1.22. The highest BCUT2D eigenvalue weighted by molar-refractivity contribution is 6.05. The number of carbonyl (C=O) groups excluding carboxylic acids is 2. The Hall–Kier alpha value is -4.42. The molecule has 1 aliphatic heterocycles. The summed E-state index contributed by atoms with van der Waals surface area (Å²) in [5, 5.41) is 2.46. The zero-order valence-electron chi connectivity index (χ0n) is 21.5. The molecule has 3 atom stereocenters. The third-order valence-electron chi connectivity index (χ3n) is 6.65. The van der Waals surface area contributed by atoms with Gasteiger partial charge in [0.15, 0.2) is 0 Å². The molecule has 1 aliphatic rings. The maximum atomic E-state index is 15.3. The van der Waals surface area contributed by atoms with Crippen LogP contribution in [0.15, 0.2) is 59.5 Å². The molecule has 2 aromatic carbocycles. The molecule has 13 heteroatoms.